The van der Waals surface area contributed by atoms with Crippen LogP contribution in [0.4, 0.5) is 0 Å². The van der Waals surface area contributed by atoms with E-state index in [0.29, 0.717) is 0 Å². The molecule has 0 amide bonds. The summed E-state index contributed by atoms with van der Waals surface area (Å²) in [7, 11) is 0. The predicted molar refractivity (Wildman–Crippen MR) is 80.2 cm³/mol. The molecule has 0 aromatic rings. The summed E-state index contributed by atoms with van der Waals surface area (Å²) in [6.07, 6.45) is 7.58. The van der Waals surface area contributed by atoms with Crippen LogP contribution in [-0.2, 0) is 0 Å². The molecule has 0 saturated heterocycles. The Bertz CT molecular complexity index is 212. The van der Waals surface area contributed by atoms with E-state index in [2.05, 4.69) is 54.5 Å². The lowest BCUT2D eigenvalue weighted by molar-refractivity contribution is 0.215. The highest BCUT2D eigenvalue weighted by Gasteiger charge is 2.21. The number of unbranched alkanes of at least 4 members (excludes halogenated alkanes) is 1. The monoisotopic (exact) mass is 238 g/mol. The molecule has 0 heterocycles. The Kier molecular flexibility index (Phi) is 8.64. The van der Waals surface area contributed by atoms with Gasteiger partial charge in [0.15, 0.2) is 0 Å². The molecular formula is C17H34. The lowest BCUT2D eigenvalue weighted by atomic mass is 9.77. The van der Waals surface area contributed by atoms with Crippen LogP contribution in [0.2, 0.25) is 0 Å². The van der Waals surface area contributed by atoms with Gasteiger partial charge in [0, 0.05) is 0 Å². The van der Waals surface area contributed by atoms with Crippen molar-refractivity contribution < 1.29 is 0 Å². The van der Waals surface area contributed by atoms with Crippen molar-refractivity contribution in [3.8, 4) is 0 Å². The van der Waals surface area contributed by atoms with Crippen LogP contribution in [0, 0.1) is 23.7 Å². The van der Waals surface area contributed by atoms with Gasteiger partial charge in [-0.05, 0) is 49.9 Å². The van der Waals surface area contributed by atoms with E-state index < -0.39 is 0 Å². The largest absolute Gasteiger partial charge is 0.0856 e. The number of allylic oxidation sites excluding steroid dienone is 2. The van der Waals surface area contributed by atoms with Crippen molar-refractivity contribution in [3.05, 3.63) is 11.6 Å². The maximum Gasteiger partial charge on any atom is -0.0320 e. The van der Waals surface area contributed by atoms with Crippen LogP contribution < -0.4 is 0 Å². The van der Waals surface area contributed by atoms with Crippen molar-refractivity contribution in [2.24, 2.45) is 23.7 Å². The lowest BCUT2D eigenvalue weighted by Crippen LogP contribution is -2.20. The Hall–Kier alpha value is -0.260. The highest BCUT2D eigenvalue weighted by molar-refractivity contribution is 4.97. The summed E-state index contributed by atoms with van der Waals surface area (Å²) in [5.41, 5.74) is 1.59. The third kappa shape index (κ3) is 6.91. The molecule has 3 unspecified atom stereocenters. The van der Waals surface area contributed by atoms with Crippen LogP contribution in [-0.4, -0.2) is 0 Å². The van der Waals surface area contributed by atoms with Crippen LogP contribution >= 0.6 is 0 Å². The van der Waals surface area contributed by atoms with Crippen molar-refractivity contribution in [2.75, 3.05) is 0 Å². The Morgan fingerprint density at radius 2 is 1.59 bits per heavy atom. The molecule has 0 heteroatoms. The van der Waals surface area contributed by atoms with E-state index in [-0.39, 0.29) is 0 Å². The molecule has 0 aliphatic carbocycles. The first-order valence-electron chi connectivity index (χ1n) is 7.55. The van der Waals surface area contributed by atoms with Crippen LogP contribution in [0.5, 0.6) is 0 Å². The molecule has 0 fully saturated rings. The van der Waals surface area contributed by atoms with Crippen LogP contribution in [0.1, 0.15) is 74.1 Å². The molecule has 102 valence electrons. The highest BCUT2D eigenvalue weighted by Crippen LogP contribution is 2.30. The molecule has 0 aromatic carbocycles. The zero-order valence-electron chi connectivity index (χ0n) is 13.2. The SMILES string of the molecule is CCCC=C(C)CCC(C)C(C)C(C)C(C)C. The normalized spacial score (nSPS) is 18.2. The molecule has 0 saturated carbocycles. The Morgan fingerprint density at radius 3 is 2.06 bits per heavy atom. The maximum absolute atomic E-state index is 2.43. The smallest absolute Gasteiger partial charge is 0.0320 e. The maximum atomic E-state index is 2.43. The standard InChI is InChI=1S/C17H34/c1-8-9-10-14(4)11-12-15(5)17(7)16(6)13(2)3/h10,13,15-17H,8-9,11-12H2,1-7H3. The Labute approximate surface area is 110 Å². The predicted octanol–water partition coefficient (Wildman–Crippen LogP) is 6.08. The van der Waals surface area contributed by atoms with Gasteiger partial charge in [0.1, 0.15) is 0 Å². The molecule has 0 aromatic heterocycles. The molecule has 17 heavy (non-hydrogen) atoms. The number of hydrogen-bond acceptors (Lipinski definition) is 0. The molecule has 0 N–H and O–H groups in total. The van der Waals surface area contributed by atoms with E-state index in [4.69, 9.17) is 0 Å². The van der Waals surface area contributed by atoms with E-state index in [9.17, 15) is 0 Å². The molecule has 3 atom stereocenters. The van der Waals surface area contributed by atoms with Gasteiger partial charge < -0.3 is 0 Å². The summed E-state index contributed by atoms with van der Waals surface area (Å²) < 4.78 is 0. The van der Waals surface area contributed by atoms with Crippen molar-refractivity contribution >= 4 is 0 Å². The quantitative estimate of drug-likeness (QED) is 0.450. The summed E-state index contributed by atoms with van der Waals surface area (Å²) >= 11 is 0. The average Bonchev–Trinajstić information content (AvgIpc) is 2.31. The topological polar surface area (TPSA) is 0 Å². The van der Waals surface area contributed by atoms with Crippen molar-refractivity contribution in [3.63, 3.8) is 0 Å². The Balaban J connectivity index is 4.04. The Morgan fingerprint density at radius 1 is 1.00 bits per heavy atom. The van der Waals surface area contributed by atoms with Gasteiger partial charge in [-0.2, -0.15) is 0 Å². The first kappa shape index (κ1) is 16.7. The van der Waals surface area contributed by atoms with Gasteiger partial charge in [-0.3, -0.25) is 0 Å². The van der Waals surface area contributed by atoms with Crippen molar-refractivity contribution in [1.82, 2.24) is 0 Å². The zero-order valence-corrected chi connectivity index (χ0v) is 13.2. The van der Waals surface area contributed by atoms with Crippen LogP contribution in [0.15, 0.2) is 11.6 Å². The number of rotatable bonds is 8. The van der Waals surface area contributed by atoms with E-state index in [1.807, 2.05) is 0 Å². The van der Waals surface area contributed by atoms with Crippen LogP contribution in [0.25, 0.3) is 0 Å². The molecule has 0 radical (unpaired) electrons. The zero-order chi connectivity index (χ0) is 13.4. The van der Waals surface area contributed by atoms with Gasteiger partial charge in [0.25, 0.3) is 0 Å². The summed E-state index contributed by atoms with van der Waals surface area (Å²) in [6, 6.07) is 0. The molecule has 0 aliphatic heterocycles. The van der Waals surface area contributed by atoms with Gasteiger partial charge in [0.05, 0.1) is 0 Å². The van der Waals surface area contributed by atoms with Gasteiger partial charge in [-0.1, -0.05) is 59.6 Å². The second-order valence-corrected chi connectivity index (χ2v) is 6.32. The minimum absolute atomic E-state index is 0.809. The first-order chi connectivity index (χ1) is 7.90. The second kappa shape index (κ2) is 8.78. The number of hydrogen-bond donors (Lipinski definition) is 0. The lowest BCUT2D eigenvalue weighted by Gasteiger charge is -2.29. The minimum atomic E-state index is 0.809. The molecule has 0 bridgehead atoms. The fourth-order valence-electron chi connectivity index (χ4n) is 2.34. The fraction of sp³-hybridized carbons (Fsp3) is 0.882. The van der Waals surface area contributed by atoms with E-state index >= 15 is 0 Å². The van der Waals surface area contributed by atoms with Crippen molar-refractivity contribution in [1.29, 1.82) is 0 Å². The minimum Gasteiger partial charge on any atom is -0.0856 e. The van der Waals surface area contributed by atoms with Crippen molar-refractivity contribution in [2.45, 2.75) is 74.1 Å². The molecule has 0 nitrogen and oxygen atoms in total. The second-order valence-electron chi connectivity index (χ2n) is 6.32. The molecule has 0 rings (SSSR count). The van der Waals surface area contributed by atoms with E-state index in [1.165, 1.54) is 25.7 Å². The average molecular weight is 238 g/mol. The van der Waals surface area contributed by atoms with Gasteiger partial charge >= 0.3 is 0 Å². The summed E-state index contributed by atoms with van der Waals surface area (Å²) in [5.74, 6) is 3.33. The van der Waals surface area contributed by atoms with E-state index in [1.54, 1.807) is 5.57 Å². The van der Waals surface area contributed by atoms with Gasteiger partial charge in [-0.15, -0.1) is 0 Å². The molecule has 0 spiro atoms. The van der Waals surface area contributed by atoms with Gasteiger partial charge in [0.2, 0.25) is 0 Å². The van der Waals surface area contributed by atoms with Crippen LogP contribution in [0.3, 0.4) is 0 Å². The third-order valence-corrected chi connectivity index (χ3v) is 4.55. The molecular weight excluding hydrogens is 204 g/mol. The highest BCUT2D eigenvalue weighted by atomic mass is 14.3. The summed E-state index contributed by atoms with van der Waals surface area (Å²) in [5, 5.41) is 0. The van der Waals surface area contributed by atoms with Gasteiger partial charge in [-0.25, -0.2) is 0 Å². The summed E-state index contributed by atoms with van der Waals surface area (Å²) in [4.78, 5) is 0. The van der Waals surface area contributed by atoms with E-state index in [0.717, 1.165) is 23.7 Å². The molecule has 0 aliphatic rings. The third-order valence-electron chi connectivity index (χ3n) is 4.55. The first-order valence-corrected chi connectivity index (χ1v) is 7.55. The summed E-state index contributed by atoms with van der Waals surface area (Å²) in [6.45, 7) is 16.5. The fourth-order valence-corrected chi connectivity index (χ4v) is 2.34.